The molecule has 0 aliphatic carbocycles. The first-order valence-electron chi connectivity index (χ1n) is 8.25. The van der Waals surface area contributed by atoms with Gasteiger partial charge in [0.25, 0.3) is 0 Å². The summed E-state index contributed by atoms with van der Waals surface area (Å²) in [5.74, 6) is -0.368. The highest BCUT2D eigenvalue weighted by molar-refractivity contribution is 6.02. The molecule has 0 aromatic heterocycles. The van der Waals surface area contributed by atoms with Gasteiger partial charge in [-0.25, -0.2) is 9.59 Å². The summed E-state index contributed by atoms with van der Waals surface area (Å²) in [6, 6.07) is 6.17. The summed E-state index contributed by atoms with van der Waals surface area (Å²) < 4.78 is 5.59. The fraction of sp³-hybridized carbons (Fsp3) is 0.579. The molecule has 1 unspecified atom stereocenters. The molecule has 0 spiro atoms. The normalized spacial score (nSPS) is 12.7. The Balaban J connectivity index is 2.87. The highest BCUT2D eigenvalue weighted by atomic mass is 16.5. The predicted molar refractivity (Wildman–Crippen MR) is 90.7 cm³/mol. The summed E-state index contributed by atoms with van der Waals surface area (Å²) in [6.45, 7) is 10.5. The van der Waals surface area contributed by atoms with E-state index in [0.717, 1.165) is 12.8 Å². The van der Waals surface area contributed by atoms with Crippen molar-refractivity contribution in [2.24, 2.45) is 17.8 Å². The SMILES string of the molecule is CC(C)CC(CC(C)C)C(C)OC(=O)c1ccccc1C(=O)O. The van der Waals surface area contributed by atoms with Crippen LogP contribution in [0.4, 0.5) is 0 Å². The number of hydrogen-bond donors (Lipinski definition) is 1. The molecule has 0 saturated heterocycles. The van der Waals surface area contributed by atoms with Crippen molar-refractivity contribution in [3.8, 4) is 0 Å². The zero-order valence-corrected chi connectivity index (χ0v) is 14.7. The standard InChI is InChI=1S/C19H28O4/c1-12(2)10-15(11-13(3)4)14(5)23-19(22)17-9-7-6-8-16(17)18(20)21/h6-9,12-15H,10-11H2,1-5H3,(H,20,21). The van der Waals surface area contributed by atoms with Crippen molar-refractivity contribution in [3.63, 3.8) is 0 Å². The molecule has 0 heterocycles. The zero-order chi connectivity index (χ0) is 17.6. The molecule has 0 radical (unpaired) electrons. The number of esters is 1. The molecular weight excluding hydrogens is 292 g/mol. The number of carbonyl (C=O) groups is 2. The van der Waals surface area contributed by atoms with E-state index in [9.17, 15) is 14.7 Å². The van der Waals surface area contributed by atoms with Gasteiger partial charge in [-0.05, 0) is 49.7 Å². The van der Waals surface area contributed by atoms with Gasteiger partial charge in [-0.1, -0.05) is 39.8 Å². The van der Waals surface area contributed by atoms with Crippen LogP contribution in [0.3, 0.4) is 0 Å². The Bertz CT molecular complexity index is 524. The van der Waals surface area contributed by atoms with Gasteiger partial charge in [0.05, 0.1) is 11.1 Å². The van der Waals surface area contributed by atoms with Crippen LogP contribution >= 0.6 is 0 Å². The molecule has 1 atom stereocenters. The van der Waals surface area contributed by atoms with Gasteiger partial charge in [-0.2, -0.15) is 0 Å². The zero-order valence-electron chi connectivity index (χ0n) is 14.7. The van der Waals surface area contributed by atoms with Crippen molar-refractivity contribution < 1.29 is 19.4 Å². The van der Waals surface area contributed by atoms with Crippen molar-refractivity contribution in [2.75, 3.05) is 0 Å². The second-order valence-corrected chi connectivity index (χ2v) is 6.98. The van der Waals surface area contributed by atoms with Crippen LogP contribution in [0.25, 0.3) is 0 Å². The second kappa shape index (κ2) is 8.70. The van der Waals surface area contributed by atoms with Crippen molar-refractivity contribution >= 4 is 11.9 Å². The van der Waals surface area contributed by atoms with E-state index < -0.39 is 11.9 Å². The van der Waals surface area contributed by atoms with Gasteiger partial charge in [0.2, 0.25) is 0 Å². The highest BCUT2D eigenvalue weighted by Crippen LogP contribution is 2.26. The molecule has 1 rings (SSSR count). The van der Waals surface area contributed by atoms with E-state index in [1.807, 2.05) is 6.92 Å². The van der Waals surface area contributed by atoms with Crippen LogP contribution in [-0.2, 0) is 4.74 Å². The summed E-state index contributed by atoms with van der Waals surface area (Å²) in [6.07, 6.45) is 1.72. The first-order chi connectivity index (χ1) is 10.7. The fourth-order valence-electron chi connectivity index (χ4n) is 2.87. The first kappa shape index (κ1) is 19.2. The van der Waals surface area contributed by atoms with E-state index in [1.54, 1.807) is 12.1 Å². The number of carboxylic acids is 1. The molecule has 0 fully saturated rings. The van der Waals surface area contributed by atoms with E-state index in [4.69, 9.17) is 4.74 Å². The third-order valence-corrected chi connectivity index (χ3v) is 3.88. The van der Waals surface area contributed by atoms with Crippen LogP contribution in [0.5, 0.6) is 0 Å². The minimum Gasteiger partial charge on any atom is -0.478 e. The minimum absolute atomic E-state index is 0.0195. The van der Waals surface area contributed by atoms with Crippen LogP contribution in [0, 0.1) is 17.8 Å². The van der Waals surface area contributed by atoms with E-state index in [-0.39, 0.29) is 23.1 Å². The lowest BCUT2D eigenvalue weighted by Gasteiger charge is -2.27. The fourth-order valence-corrected chi connectivity index (χ4v) is 2.87. The van der Waals surface area contributed by atoms with E-state index in [2.05, 4.69) is 27.7 Å². The number of aromatic carboxylic acids is 1. The largest absolute Gasteiger partial charge is 0.478 e. The average molecular weight is 320 g/mol. The maximum Gasteiger partial charge on any atom is 0.339 e. The van der Waals surface area contributed by atoms with Gasteiger partial charge >= 0.3 is 11.9 Å². The van der Waals surface area contributed by atoms with Gasteiger partial charge in [0.1, 0.15) is 6.10 Å². The molecule has 0 bridgehead atoms. The van der Waals surface area contributed by atoms with Crippen molar-refractivity contribution in [1.29, 1.82) is 0 Å². The van der Waals surface area contributed by atoms with Crippen LogP contribution in [0.1, 0.15) is 68.2 Å². The van der Waals surface area contributed by atoms with Crippen LogP contribution < -0.4 is 0 Å². The lowest BCUT2D eigenvalue weighted by Crippen LogP contribution is -2.27. The third-order valence-electron chi connectivity index (χ3n) is 3.88. The minimum atomic E-state index is -1.12. The summed E-state index contributed by atoms with van der Waals surface area (Å²) in [4.78, 5) is 23.6. The third kappa shape index (κ3) is 6.05. The number of rotatable bonds is 8. The van der Waals surface area contributed by atoms with Crippen molar-refractivity contribution in [1.82, 2.24) is 0 Å². The molecule has 4 nitrogen and oxygen atoms in total. The summed E-state index contributed by atoms with van der Waals surface area (Å²) >= 11 is 0. The Morgan fingerprint density at radius 1 is 0.957 bits per heavy atom. The molecule has 0 amide bonds. The topological polar surface area (TPSA) is 63.6 Å². The molecule has 0 aliphatic rings. The summed E-state index contributed by atoms with van der Waals surface area (Å²) in [5, 5.41) is 9.19. The highest BCUT2D eigenvalue weighted by Gasteiger charge is 2.25. The monoisotopic (exact) mass is 320 g/mol. The van der Waals surface area contributed by atoms with E-state index in [0.29, 0.717) is 11.8 Å². The molecule has 0 aliphatic heterocycles. The molecule has 1 aromatic rings. The van der Waals surface area contributed by atoms with Crippen LogP contribution in [0.2, 0.25) is 0 Å². The van der Waals surface area contributed by atoms with Crippen LogP contribution in [0.15, 0.2) is 24.3 Å². The lowest BCUT2D eigenvalue weighted by molar-refractivity contribution is 0.0129. The summed E-state index contributed by atoms with van der Waals surface area (Å²) in [5.41, 5.74) is 0.0914. The molecule has 128 valence electrons. The van der Waals surface area contributed by atoms with Crippen LogP contribution in [-0.4, -0.2) is 23.1 Å². The predicted octanol–water partition coefficient (Wildman–Crippen LogP) is 4.64. The second-order valence-electron chi connectivity index (χ2n) is 6.98. The number of carboxylic acid groups (broad SMARTS) is 1. The van der Waals surface area contributed by atoms with Gasteiger partial charge in [-0.15, -0.1) is 0 Å². The molecule has 1 N–H and O–H groups in total. The number of benzene rings is 1. The number of hydrogen-bond acceptors (Lipinski definition) is 3. The molecular formula is C19H28O4. The molecule has 1 aromatic carbocycles. The van der Waals surface area contributed by atoms with Gasteiger partial charge in [0, 0.05) is 0 Å². The smallest absolute Gasteiger partial charge is 0.339 e. The Kier molecular flexibility index (Phi) is 7.27. The van der Waals surface area contributed by atoms with E-state index in [1.165, 1.54) is 12.1 Å². The maximum atomic E-state index is 12.4. The van der Waals surface area contributed by atoms with Crippen molar-refractivity contribution in [2.45, 2.75) is 53.6 Å². The van der Waals surface area contributed by atoms with Gasteiger partial charge in [-0.3, -0.25) is 0 Å². The molecule has 23 heavy (non-hydrogen) atoms. The van der Waals surface area contributed by atoms with Gasteiger partial charge in [0.15, 0.2) is 0 Å². The maximum absolute atomic E-state index is 12.4. The number of ether oxygens (including phenoxy) is 1. The lowest BCUT2D eigenvalue weighted by atomic mass is 9.86. The Labute approximate surface area is 138 Å². The van der Waals surface area contributed by atoms with Crippen molar-refractivity contribution in [3.05, 3.63) is 35.4 Å². The van der Waals surface area contributed by atoms with E-state index >= 15 is 0 Å². The Morgan fingerprint density at radius 2 is 1.43 bits per heavy atom. The Morgan fingerprint density at radius 3 is 1.87 bits per heavy atom. The first-order valence-corrected chi connectivity index (χ1v) is 8.25. The molecule has 4 heteroatoms. The number of carbonyl (C=O) groups excluding carboxylic acids is 1. The average Bonchev–Trinajstić information content (AvgIpc) is 2.45. The molecule has 0 saturated carbocycles. The quantitative estimate of drug-likeness (QED) is 0.709. The summed E-state index contributed by atoms with van der Waals surface area (Å²) in [7, 11) is 0. The van der Waals surface area contributed by atoms with Gasteiger partial charge < -0.3 is 9.84 Å². The Hall–Kier alpha value is -1.84.